The normalized spacial score (nSPS) is 9.72. The van der Waals surface area contributed by atoms with E-state index in [9.17, 15) is 14.4 Å². The molecular weight excluding hydrogens is 236 g/mol. The van der Waals surface area contributed by atoms with Crippen molar-refractivity contribution in [2.45, 2.75) is 6.92 Å². The molecule has 0 aliphatic carbocycles. The maximum Gasteiger partial charge on any atom is 0.356 e. The summed E-state index contributed by atoms with van der Waals surface area (Å²) >= 11 is 0. The van der Waals surface area contributed by atoms with Crippen molar-refractivity contribution in [2.75, 3.05) is 20.7 Å². The molecule has 18 heavy (non-hydrogen) atoms. The lowest BCUT2D eigenvalue weighted by molar-refractivity contribution is -0.124. The van der Waals surface area contributed by atoms with Gasteiger partial charge in [-0.15, -0.1) is 0 Å². The molecular formula is C12H14N2O4. The van der Waals surface area contributed by atoms with Gasteiger partial charge in [0.1, 0.15) is 11.4 Å². The van der Waals surface area contributed by atoms with Crippen molar-refractivity contribution in [1.29, 1.82) is 0 Å². The van der Waals surface area contributed by atoms with E-state index in [0.29, 0.717) is 0 Å². The third kappa shape index (κ3) is 3.13. The Morgan fingerprint density at radius 1 is 1.22 bits per heavy atom. The van der Waals surface area contributed by atoms with Crippen LogP contribution in [0.5, 0.6) is 0 Å². The molecule has 0 saturated carbocycles. The zero-order valence-electron chi connectivity index (χ0n) is 10.5. The third-order valence-corrected chi connectivity index (χ3v) is 2.07. The van der Waals surface area contributed by atoms with Crippen molar-refractivity contribution >= 4 is 17.7 Å². The number of nitrogens with zero attached hydrogens (tertiary/aromatic N) is 2. The Labute approximate surface area is 105 Å². The molecule has 0 bridgehead atoms. The Morgan fingerprint density at radius 3 is 2.39 bits per heavy atom. The Kier molecular flexibility index (Phi) is 4.53. The average Bonchev–Trinajstić information content (AvgIpc) is 2.37. The lowest BCUT2D eigenvalue weighted by Crippen LogP contribution is -2.30. The molecule has 0 spiro atoms. The number of Topliss-reactive ketones (excluding diaryl/α,β-unsaturated/α-hetero) is 1. The van der Waals surface area contributed by atoms with Gasteiger partial charge in [-0.1, -0.05) is 6.07 Å². The quantitative estimate of drug-likeness (QED) is 0.442. The second kappa shape index (κ2) is 5.90. The van der Waals surface area contributed by atoms with E-state index in [-0.39, 0.29) is 18.0 Å². The van der Waals surface area contributed by atoms with E-state index in [0.717, 1.165) is 4.90 Å². The highest BCUT2D eigenvalue weighted by Gasteiger charge is 2.20. The summed E-state index contributed by atoms with van der Waals surface area (Å²) in [6.07, 6.45) is 0. The first-order valence-electron chi connectivity index (χ1n) is 5.37. The molecule has 1 rings (SSSR count). The van der Waals surface area contributed by atoms with E-state index in [2.05, 4.69) is 4.98 Å². The van der Waals surface area contributed by atoms with Crippen molar-refractivity contribution in [3.05, 3.63) is 29.6 Å². The van der Waals surface area contributed by atoms with Crippen LogP contribution in [0.1, 0.15) is 27.9 Å². The minimum absolute atomic E-state index is 0.00857. The molecule has 0 aromatic carbocycles. The smallest absolute Gasteiger partial charge is 0.356 e. The molecule has 0 aliphatic heterocycles. The standard InChI is InChI=1S/C12H14N2O4/c1-4-18-12(17)9-7-5-6-8(13-9)10(15)11(16)14(2)3/h5-7H,4H2,1-3H3. The van der Waals surface area contributed by atoms with Crippen LogP contribution in [0.15, 0.2) is 18.2 Å². The van der Waals surface area contributed by atoms with Crippen LogP contribution in [-0.4, -0.2) is 48.2 Å². The summed E-state index contributed by atoms with van der Waals surface area (Å²) in [5.74, 6) is -2.07. The number of carbonyl (C=O) groups is 3. The van der Waals surface area contributed by atoms with Crippen LogP contribution in [0.25, 0.3) is 0 Å². The molecule has 96 valence electrons. The molecule has 0 atom stereocenters. The Hall–Kier alpha value is -2.24. The van der Waals surface area contributed by atoms with Crippen LogP contribution in [0.3, 0.4) is 0 Å². The fourth-order valence-corrected chi connectivity index (χ4v) is 1.19. The predicted molar refractivity (Wildman–Crippen MR) is 63.2 cm³/mol. The summed E-state index contributed by atoms with van der Waals surface area (Å²) in [5, 5.41) is 0. The van der Waals surface area contributed by atoms with Gasteiger partial charge in [0.2, 0.25) is 0 Å². The van der Waals surface area contributed by atoms with Gasteiger partial charge in [0, 0.05) is 14.1 Å². The number of amides is 1. The molecule has 0 saturated heterocycles. The molecule has 0 fully saturated rings. The van der Waals surface area contributed by atoms with Gasteiger partial charge in [-0.3, -0.25) is 9.59 Å². The summed E-state index contributed by atoms with van der Waals surface area (Å²) in [6, 6.07) is 4.29. The number of pyridine rings is 1. The van der Waals surface area contributed by atoms with Crippen LogP contribution in [0.4, 0.5) is 0 Å². The first kappa shape index (κ1) is 13.8. The minimum Gasteiger partial charge on any atom is -0.461 e. The molecule has 1 amide bonds. The number of likely N-dealkylation sites (N-methyl/N-ethyl adjacent to an activating group) is 1. The SMILES string of the molecule is CCOC(=O)c1cccc(C(=O)C(=O)N(C)C)n1. The van der Waals surface area contributed by atoms with Gasteiger partial charge in [-0.2, -0.15) is 0 Å². The lowest BCUT2D eigenvalue weighted by Gasteiger charge is -2.08. The molecule has 1 aromatic rings. The van der Waals surface area contributed by atoms with E-state index in [1.807, 2.05) is 0 Å². The van der Waals surface area contributed by atoms with E-state index in [1.165, 1.54) is 32.3 Å². The molecule has 1 aromatic heterocycles. The summed E-state index contributed by atoms with van der Waals surface area (Å²) < 4.78 is 4.76. The van der Waals surface area contributed by atoms with Crippen molar-refractivity contribution in [2.24, 2.45) is 0 Å². The number of hydrogen-bond acceptors (Lipinski definition) is 5. The van der Waals surface area contributed by atoms with Gasteiger partial charge < -0.3 is 9.64 Å². The number of esters is 1. The highest BCUT2D eigenvalue weighted by molar-refractivity contribution is 6.42. The van der Waals surface area contributed by atoms with Gasteiger partial charge in [0.15, 0.2) is 0 Å². The zero-order valence-corrected chi connectivity index (χ0v) is 10.5. The van der Waals surface area contributed by atoms with E-state index in [1.54, 1.807) is 6.92 Å². The van der Waals surface area contributed by atoms with Gasteiger partial charge in [-0.05, 0) is 19.1 Å². The molecule has 6 nitrogen and oxygen atoms in total. The monoisotopic (exact) mass is 250 g/mol. The largest absolute Gasteiger partial charge is 0.461 e. The summed E-state index contributed by atoms with van der Waals surface area (Å²) in [4.78, 5) is 39.6. The highest BCUT2D eigenvalue weighted by atomic mass is 16.5. The van der Waals surface area contributed by atoms with Crippen LogP contribution < -0.4 is 0 Å². The minimum atomic E-state index is -0.758. The van der Waals surface area contributed by atoms with Crippen LogP contribution in [0, 0.1) is 0 Å². The zero-order chi connectivity index (χ0) is 13.7. The maximum atomic E-state index is 11.7. The molecule has 0 N–H and O–H groups in total. The van der Waals surface area contributed by atoms with Crippen LogP contribution in [-0.2, 0) is 9.53 Å². The second-order valence-corrected chi connectivity index (χ2v) is 3.66. The summed E-state index contributed by atoms with van der Waals surface area (Å²) in [7, 11) is 2.94. The number of hydrogen-bond donors (Lipinski definition) is 0. The fourth-order valence-electron chi connectivity index (χ4n) is 1.19. The van der Waals surface area contributed by atoms with Crippen LogP contribution in [0.2, 0.25) is 0 Å². The topological polar surface area (TPSA) is 76.6 Å². The van der Waals surface area contributed by atoms with E-state index >= 15 is 0 Å². The van der Waals surface area contributed by atoms with Gasteiger partial charge in [0.05, 0.1) is 6.61 Å². The second-order valence-electron chi connectivity index (χ2n) is 3.66. The Morgan fingerprint density at radius 2 is 1.83 bits per heavy atom. The molecule has 0 aliphatic rings. The third-order valence-electron chi connectivity index (χ3n) is 2.07. The van der Waals surface area contributed by atoms with Crippen molar-refractivity contribution in [3.63, 3.8) is 0 Å². The summed E-state index contributed by atoms with van der Waals surface area (Å²) in [5.41, 5.74) is -0.0616. The molecule has 0 radical (unpaired) electrons. The Balaban J connectivity index is 2.99. The number of ether oxygens (including phenoxy) is 1. The molecule has 6 heteroatoms. The first-order chi connectivity index (χ1) is 8.47. The Bertz CT molecular complexity index is 483. The number of rotatable bonds is 4. The predicted octanol–water partition coefficient (Wildman–Crippen LogP) is 0.529. The van der Waals surface area contributed by atoms with Crippen molar-refractivity contribution in [3.8, 4) is 0 Å². The number of ketones is 1. The fraction of sp³-hybridized carbons (Fsp3) is 0.333. The van der Waals surface area contributed by atoms with Crippen molar-refractivity contribution in [1.82, 2.24) is 9.88 Å². The lowest BCUT2D eigenvalue weighted by atomic mass is 10.2. The van der Waals surface area contributed by atoms with Gasteiger partial charge in [-0.25, -0.2) is 9.78 Å². The van der Waals surface area contributed by atoms with Crippen LogP contribution >= 0.6 is 0 Å². The van der Waals surface area contributed by atoms with Crippen molar-refractivity contribution < 1.29 is 19.1 Å². The van der Waals surface area contributed by atoms with Gasteiger partial charge in [0.25, 0.3) is 11.7 Å². The molecule has 1 heterocycles. The number of carbonyl (C=O) groups excluding carboxylic acids is 3. The first-order valence-corrected chi connectivity index (χ1v) is 5.37. The van der Waals surface area contributed by atoms with E-state index < -0.39 is 17.7 Å². The highest BCUT2D eigenvalue weighted by Crippen LogP contribution is 2.04. The van der Waals surface area contributed by atoms with Gasteiger partial charge >= 0.3 is 5.97 Å². The number of aromatic nitrogens is 1. The summed E-state index contributed by atoms with van der Waals surface area (Å²) in [6.45, 7) is 1.89. The molecule has 0 unspecified atom stereocenters. The maximum absolute atomic E-state index is 11.7. The van der Waals surface area contributed by atoms with E-state index in [4.69, 9.17) is 4.74 Å². The average molecular weight is 250 g/mol.